The van der Waals surface area contributed by atoms with Crippen LogP contribution in [-0.4, -0.2) is 51.1 Å². The lowest BCUT2D eigenvalue weighted by molar-refractivity contribution is -0.696. The molecule has 134 valence electrons. The summed E-state index contributed by atoms with van der Waals surface area (Å²) in [5.41, 5.74) is 0. The summed E-state index contributed by atoms with van der Waals surface area (Å²) in [5.74, 6) is -1.22. The van der Waals surface area contributed by atoms with Crippen molar-refractivity contribution in [3.63, 3.8) is 0 Å². The van der Waals surface area contributed by atoms with Gasteiger partial charge >= 0.3 is 0 Å². The third-order valence-corrected chi connectivity index (χ3v) is 2.90. The molecule has 0 aromatic carbocycles. The zero-order valence-corrected chi connectivity index (χ0v) is 14.3. The van der Waals surface area contributed by atoms with Gasteiger partial charge in [-0.25, -0.2) is 4.57 Å². The van der Waals surface area contributed by atoms with Crippen LogP contribution in [0.25, 0.3) is 0 Å². The quantitative estimate of drug-likeness (QED) is 0.415. The van der Waals surface area contributed by atoms with E-state index in [1.165, 1.54) is 25.7 Å². The Balaban J connectivity index is 0.000000422. The summed E-state index contributed by atoms with van der Waals surface area (Å²) in [7, 11) is 1.58. The molecule has 23 heavy (non-hydrogen) atoms. The van der Waals surface area contributed by atoms with Crippen LogP contribution in [0.2, 0.25) is 0 Å². The number of aromatic nitrogens is 2. The smallest absolute Gasteiger partial charge is 0.241 e. The fraction of sp³-hybridized carbons (Fsp3) is 0.750. The normalized spacial score (nSPS) is 10.2. The van der Waals surface area contributed by atoms with E-state index in [1.54, 1.807) is 7.11 Å². The van der Waals surface area contributed by atoms with Crippen molar-refractivity contribution in [2.45, 2.75) is 39.2 Å². The highest BCUT2D eigenvalue weighted by molar-refractivity contribution is 5.65. The van der Waals surface area contributed by atoms with Gasteiger partial charge in [0.25, 0.3) is 0 Å². The number of carboxylic acids is 1. The molecule has 0 spiro atoms. The maximum atomic E-state index is 9.84. The Morgan fingerprint density at radius 2 is 1.87 bits per heavy atom. The molecule has 1 heterocycles. The van der Waals surface area contributed by atoms with Gasteiger partial charge < -0.3 is 24.1 Å². The standard InChI is InChI=1S/C9H16N2.C7H14O5/c1-2-3-4-5-7-11-8-6-10-9-11;1-10-2-3-11-4-5-12-6-7(8)9/h6,8-9H,2-5,7H2,1H3;2-6H2,1H3,(H,8,9). The topological polar surface area (TPSA) is 87.5 Å². The molecule has 0 unspecified atom stereocenters. The number of carbonyl (C=O) groups is 1. The number of carbonyl (C=O) groups excluding carboxylic acids is 1. The first kappa shape index (κ1) is 21.6. The number of unbranched alkanes of at least 4 members (excludes halogenated alkanes) is 3. The number of nitrogens with zero attached hydrogens (tertiary/aromatic N) is 1. The summed E-state index contributed by atoms with van der Waals surface area (Å²) in [6, 6.07) is 0. The second-order valence-electron chi connectivity index (χ2n) is 4.94. The number of imidazole rings is 1. The van der Waals surface area contributed by atoms with Gasteiger partial charge in [0.15, 0.2) is 0 Å². The number of hydrogen-bond acceptors (Lipinski definition) is 5. The molecule has 0 aliphatic rings. The number of nitrogens with one attached hydrogen (secondary N) is 1. The second-order valence-corrected chi connectivity index (χ2v) is 4.94. The number of hydrogen-bond donors (Lipinski definition) is 1. The summed E-state index contributed by atoms with van der Waals surface area (Å²) >= 11 is 0. The zero-order chi connectivity index (χ0) is 17.2. The molecule has 0 saturated carbocycles. The number of carboxylic acid groups (broad SMARTS) is 1. The van der Waals surface area contributed by atoms with Crippen molar-refractivity contribution in [3.05, 3.63) is 18.7 Å². The first-order valence-corrected chi connectivity index (χ1v) is 8.06. The van der Waals surface area contributed by atoms with E-state index in [9.17, 15) is 9.90 Å². The molecule has 0 aliphatic carbocycles. The third-order valence-electron chi connectivity index (χ3n) is 2.90. The molecule has 0 atom stereocenters. The lowest BCUT2D eigenvalue weighted by Gasteiger charge is -2.05. The van der Waals surface area contributed by atoms with Crippen molar-refractivity contribution in [1.82, 2.24) is 4.98 Å². The maximum absolute atomic E-state index is 9.84. The van der Waals surface area contributed by atoms with Gasteiger partial charge in [-0.05, 0) is 12.8 Å². The number of methoxy groups -OCH3 is 1. The van der Waals surface area contributed by atoms with E-state index in [2.05, 4.69) is 27.4 Å². The predicted octanol–water partition coefficient (Wildman–Crippen LogP) is 0.298. The molecule has 0 saturated heterocycles. The minimum absolute atomic E-state index is 0.262. The number of aliphatic carboxylic acids is 1. The minimum Gasteiger partial charge on any atom is -0.548 e. The number of aryl methyl sites for hydroxylation is 1. The largest absolute Gasteiger partial charge is 0.548 e. The molecule has 7 nitrogen and oxygen atoms in total. The van der Waals surface area contributed by atoms with Gasteiger partial charge in [0, 0.05) is 7.11 Å². The zero-order valence-electron chi connectivity index (χ0n) is 14.3. The summed E-state index contributed by atoms with van der Waals surface area (Å²) in [4.78, 5) is 12.9. The molecule has 0 aliphatic heterocycles. The fourth-order valence-corrected chi connectivity index (χ4v) is 1.70. The van der Waals surface area contributed by atoms with Crippen LogP contribution < -0.4 is 9.67 Å². The molecular formula is C16H30N2O5. The number of aromatic amines is 1. The molecule has 1 aromatic heterocycles. The van der Waals surface area contributed by atoms with E-state index in [0.717, 1.165) is 6.54 Å². The highest BCUT2D eigenvalue weighted by atomic mass is 16.5. The fourth-order valence-electron chi connectivity index (χ4n) is 1.70. The minimum atomic E-state index is -1.22. The Kier molecular flexibility index (Phi) is 15.9. The van der Waals surface area contributed by atoms with Crippen LogP contribution >= 0.6 is 0 Å². The van der Waals surface area contributed by atoms with Crippen LogP contribution in [0, 0.1) is 0 Å². The highest BCUT2D eigenvalue weighted by Crippen LogP contribution is 1.97. The molecule has 1 aromatic rings. The van der Waals surface area contributed by atoms with Crippen molar-refractivity contribution in [1.29, 1.82) is 0 Å². The average molecular weight is 330 g/mol. The Bertz CT molecular complexity index is 357. The predicted molar refractivity (Wildman–Crippen MR) is 83.7 cm³/mol. The Morgan fingerprint density at radius 3 is 2.48 bits per heavy atom. The van der Waals surface area contributed by atoms with Gasteiger partial charge in [0.2, 0.25) is 6.33 Å². The van der Waals surface area contributed by atoms with Gasteiger partial charge in [-0.1, -0.05) is 19.8 Å². The van der Waals surface area contributed by atoms with Crippen LogP contribution in [0.1, 0.15) is 32.6 Å². The molecule has 1 rings (SSSR count). The Hall–Kier alpha value is -1.44. The monoisotopic (exact) mass is 330 g/mol. The van der Waals surface area contributed by atoms with Gasteiger partial charge in [-0.15, -0.1) is 0 Å². The molecule has 0 radical (unpaired) electrons. The van der Waals surface area contributed by atoms with Gasteiger partial charge in [0.05, 0.1) is 45.5 Å². The third kappa shape index (κ3) is 16.8. The van der Waals surface area contributed by atoms with E-state index in [4.69, 9.17) is 9.47 Å². The molecular weight excluding hydrogens is 300 g/mol. The highest BCUT2D eigenvalue weighted by Gasteiger charge is 1.94. The van der Waals surface area contributed by atoms with Crippen LogP contribution in [0.4, 0.5) is 0 Å². The van der Waals surface area contributed by atoms with Crippen LogP contribution in [-0.2, 0) is 25.5 Å². The van der Waals surface area contributed by atoms with E-state index < -0.39 is 5.97 Å². The summed E-state index contributed by atoms with van der Waals surface area (Å²) < 4.78 is 16.5. The van der Waals surface area contributed by atoms with E-state index in [0.29, 0.717) is 19.8 Å². The van der Waals surface area contributed by atoms with Crippen LogP contribution in [0.5, 0.6) is 0 Å². The van der Waals surface area contributed by atoms with Crippen molar-refractivity contribution < 1.29 is 28.7 Å². The SMILES string of the molecule is CCCCCC[n+]1cc[nH]c1.COCCOCCOCC(=O)[O-]. The Labute approximate surface area is 138 Å². The van der Waals surface area contributed by atoms with Crippen molar-refractivity contribution in [3.8, 4) is 0 Å². The molecule has 7 heteroatoms. The van der Waals surface area contributed by atoms with E-state index in [-0.39, 0.29) is 13.2 Å². The number of rotatable bonds is 13. The van der Waals surface area contributed by atoms with Crippen molar-refractivity contribution in [2.24, 2.45) is 0 Å². The first-order chi connectivity index (χ1) is 11.2. The van der Waals surface area contributed by atoms with E-state index >= 15 is 0 Å². The maximum Gasteiger partial charge on any atom is 0.241 e. The van der Waals surface area contributed by atoms with Crippen molar-refractivity contribution in [2.75, 3.05) is 40.1 Å². The molecule has 1 N–H and O–H groups in total. The van der Waals surface area contributed by atoms with E-state index in [1.807, 2.05) is 12.5 Å². The van der Waals surface area contributed by atoms with Crippen molar-refractivity contribution >= 4 is 5.97 Å². The van der Waals surface area contributed by atoms with Crippen LogP contribution in [0.3, 0.4) is 0 Å². The number of ether oxygens (including phenoxy) is 3. The summed E-state index contributed by atoms with van der Waals surface area (Å²) in [6.45, 7) is 4.67. The first-order valence-electron chi connectivity index (χ1n) is 8.06. The van der Waals surface area contributed by atoms with Gasteiger partial charge in [-0.2, -0.15) is 0 Å². The van der Waals surface area contributed by atoms with Gasteiger partial charge in [-0.3, -0.25) is 4.98 Å². The average Bonchev–Trinajstić information content (AvgIpc) is 3.04. The summed E-state index contributed by atoms with van der Waals surface area (Å²) in [5, 5.41) is 9.84. The number of H-pyrrole nitrogens is 1. The molecule has 0 fully saturated rings. The summed E-state index contributed by atoms with van der Waals surface area (Å²) in [6.07, 6.45) is 11.4. The lowest BCUT2D eigenvalue weighted by atomic mass is 10.2. The lowest BCUT2D eigenvalue weighted by Crippen LogP contribution is -2.30. The molecule has 0 amide bonds. The van der Waals surface area contributed by atoms with Gasteiger partial charge in [0.1, 0.15) is 12.4 Å². The molecule has 0 bridgehead atoms. The second kappa shape index (κ2) is 16.9. The Morgan fingerprint density at radius 1 is 1.13 bits per heavy atom. The van der Waals surface area contributed by atoms with Crippen LogP contribution in [0.15, 0.2) is 18.7 Å².